The average Bonchev–Trinajstić information content (AvgIpc) is 2.86. The molecule has 1 fully saturated rings. The molecule has 3 atom stereocenters. The van der Waals surface area contributed by atoms with Gasteiger partial charge in [0.05, 0.1) is 6.10 Å². The Balaban J connectivity index is 1.81. The van der Waals surface area contributed by atoms with Crippen molar-refractivity contribution in [2.45, 2.75) is 50.7 Å². The minimum atomic E-state index is 0.121. The number of nitrogens with two attached hydrogens (primary N) is 1. The topological polar surface area (TPSA) is 64.3 Å². The van der Waals surface area contributed by atoms with Crippen molar-refractivity contribution < 1.29 is 9.53 Å². The Morgan fingerprint density at radius 3 is 2.70 bits per heavy atom. The number of rotatable bonds is 5. The molecule has 1 aliphatic rings. The van der Waals surface area contributed by atoms with Crippen LogP contribution in [0.1, 0.15) is 44.1 Å². The van der Waals surface area contributed by atoms with Crippen LogP contribution >= 0.6 is 0 Å². The Labute approximate surface area is 120 Å². The molecule has 2 rings (SSSR count). The Kier molecular flexibility index (Phi) is 5.01. The summed E-state index contributed by atoms with van der Waals surface area (Å²) >= 11 is 0. The summed E-state index contributed by atoms with van der Waals surface area (Å²) in [6.07, 6.45) is 3.79. The van der Waals surface area contributed by atoms with Gasteiger partial charge in [0.15, 0.2) is 0 Å². The van der Waals surface area contributed by atoms with E-state index in [0.29, 0.717) is 12.5 Å². The minimum Gasteiger partial charge on any atom is -0.399 e. The normalized spacial score (nSPS) is 23.5. The van der Waals surface area contributed by atoms with Gasteiger partial charge in [-0.1, -0.05) is 19.1 Å². The van der Waals surface area contributed by atoms with Gasteiger partial charge in [-0.25, -0.2) is 0 Å². The average molecular weight is 276 g/mol. The van der Waals surface area contributed by atoms with E-state index < -0.39 is 0 Å². The van der Waals surface area contributed by atoms with E-state index in [9.17, 15) is 4.79 Å². The second kappa shape index (κ2) is 6.75. The lowest BCUT2D eigenvalue weighted by Crippen LogP contribution is -2.34. The summed E-state index contributed by atoms with van der Waals surface area (Å²) in [6.45, 7) is 2.07. The first-order valence-electron chi connectivity index (χ1n) is 7.26. The maximum absolute atomic E-state index is 12.1. The number of ether oxygens (including phenoxy) is 1. The van der Waals surface area contributed by atoms with Crippen molar-refractivity contribution in [3.8, 4) is 0 Å². The molecule has 1 amide bonds. The molecule has 0 heterocycles. The van der Waals surface area contributed by atoms with Crippen LogP contribution < -0.4 is 11.1 Å². The third-order valence-electron chi connectivity index (χ3n) is 4.08. The van der Waals surface area contributed by atoms with E-state index >= 15 is 0 Å². The van der Waals surface area contributed by atoms with Crippen molar-refractivity contribution in [3.63, 3.8) is 0 Å². The number of benzene rings is 1. The molecule has 0 radical (unpaired) electrons. The van der Waals surface area contributed by atoms with Crippen LogP contribution in [-0.4, -0.2) is 25.2 Å². The minimum absolute atomic E-state index is 0.121. The lowest BCUT2D eigenvalue weighted by Gasteiger charge is -2.16. The van der Waals surface area contributed by atoms with Crippen LogP contribution in [0.25, 0.3) is 0 Å². The number of hydrogen-bond acceptors (Lipinski definition) is 3. The van der Waals surface area contributed by atoms with Crippen LogP contribution in [0.2, 0.25) is 0 Å². The van der Waals surface area contributed by atoms with Gasteiger partial charge < -0.3 is 15.8 Å². The van der Waals surface area contributed by atoms with Crippen molar-refractivity contribution in [2.75, 3.05) is 12.8 Å². The fourth-order valence-corrected chi connectivity index (χ4v) is 2.79. The molecule has 20 heavy (non-hydrogen) atoms. The zero-order valence-electron chi connectivity index (χ0n) is 12.3. The van der Waals surface area contributed by atoms with Crippen molar-refractivity contribution in [1.82, 2.24) is 5.32 Å². The quantitative estimate of drug-likeness (QED) is 0.812. The molecule has 1 aromatic carbocycles. The Bertz CT molecular complexity index is 444. The zero-order chi connectivity index (χ0) is 14.5. The van der Waals surface area contributed by atoms with Crippen LogP contribution in [0.5, 0.6) is 0 Å². The Morgan fingerprint density at radius 2 is 2.10 bits per heavy atom. The van der Waals surface area contributed by atoms with Crippen LogP contribution in [0.15, 0.2) is 24.3 Å². The highest BCUT2D eigenvalue weighted by Crippen LogP contribution is 2.23. The van der Waals surface area contributed by atoms with Crippen LogP contribution in [-0.2, 0) is 9.53 Å². The molecule has 4 nitrogen and oxygen atoms in total. The van der Waals surface area contributed by atoms with Gasteiger partial charge in [0.1, 0.15) is 0 Å². The standard InChI is InChI=1S/C16H24N2O2/c1-11(12-3-5-13(17)6-4-12)9-16(19)18-14-7-8-15(10-14)20-2/h3-6,11,14-15H,7-10,17H2,1-2H3,(H,18,19). The highest BCUT2D eigenvalue weighted by atomic mass is 16.5. The summed E-state index contributed by atoms with van der Waals surface area (Å²) < 4.78 is 5.32. The van der Waals surface area contributed by atoms with Crippen LogP contribution in [0.3, 0.4) is 0 Å². The van der Waals surface area contributed by atoms with Gasteiger partial charge in [0.2, 0.25) is 5.91 Å². The maximum atomic E-state index is 12.1. The van der Waals surface area contributed by atoms with Crippen molar-refractivity contribution in [2.24, 2.45) is 0 Å². The number of amides is 1. The van der Waals surface area contributed by atoms with Gasteiger partial charge >= 0.3 is 0 Å². The molecule has 0 saturated heterocycles. The second-order valence-electron chi connectivity index (χ2n) is 5.71. The summed E-state index contributed by atoms with van der Waals surface area (Å²) in [5, 5.41) is 3.11. The maximum Gasteiger partial charge on any atom is 0.220 e. The van der Waals surface area contributed by atoms with E-state index in [-0.39, 0.29) is 17.9 Å². The summed E-state index contributed by atoms with van der Waals surface area (Å²) in [7, 11) is 1.73. The molecule has 3 N–H and O–H groups in total. The highest BCUT2D eigenvalue weighted by Gasteiger charge is 2.25. The lowest BCUT2D eigenvalue weighted by molar-refractivity contribution is -0.122. The number of carbonyl (C=O) groups excluding carboxylic acids is 1. The predicted molar refractivity (Wildman–Crippen MR) is 80.5 cm³/mol. The molecule has 3 unspecified atom stereocenters. The number of nitrogen functional groups attached to an aromatic ring is 1. The van der Waals surface area contributed by atoms with Crippen LogP contribution in [0, 0.1) is 0 Å². The van der Waals surface area contributed by atoms with Crippen molar-refractivity contribution in [1.29, 1.82) is 0 Å². The Hall–Kier alpha value is -1.55. The van der Waals surface area contributed by atoms with Crippen molar-refractivity contribution in [3.05, 3.63) is 29.8 Å². The summed E-state index contributed by atoms with van der Waals surface area (Å²) in [4.78, 5) is 12.1. The van der Waals surface area contributed by atoms with Crippen LogP contribution in [0.4, 0.5) is 5.69 Å². The molecule has 1 saturated carbocycles. The number of carbonyl (C=O) groups is 1. The van der Waals surface area contributed by atoms with E-state index in [2.05, 4.69) is 12.2 Å². The molecule has 0 aliphatic heterocycles. The first-order chi connectivity index (χ1) is 9.58. The number of nitrogens with one attached hydrogen (secondary N) is 1. The zero-order valence-corrected chi connectivity index (χ0v) is 12.3. The number of hydrogen-bond donors (Lipinski definition) is 2. The van der Waals surface area contributed by atoms with E-state index in [1.807, 2.05) is 24.3 Å². The van der Waals surface area contributed by atoms with Gasteiger partial charge in [-0.2, -0.15) is 0 Å². The fraction of sp³-hybridized carbons (Fsp3) is 0.562. The second-order valence-corrected chi connectivity index (χ2v) is 5.71. The summed E-state index contributed by atoms with van der Waals surface area (Å²) in [5.74, 6) is 0.325. The van der Waals surface area contributed by atoms with E-state index in [4.69, 9.17) is 10.5 Å². The molecule has 1 aromatic rings. The lowest BCUT2D eigenvalue weighted by atomic mass is 9.97. The third-order valence-corrected chi connectivity index (χ3v) is 4.08. The Morgan fingerprint density at radius 1 is 1.40 bits per heavy atom. The van der Waals surface area contributed by atoms with E-state index in [1.54, 1.807) is 7.11 Å². The molecule has 110 valence electrons. The smallest absolute Gasteiger partial charge is 0.220 e. The molecule has 0 spiro atoms. The predicted octanol–water partition coefficient (Wildman–Crippen LogP) is 2.45. The van der Waals surface area contributed by atoms with Gasteiger partial charge in [-0.15, -0.1) is 0 Å². The number of methoxy groups -OCH3 is 1. The molecule has 4 heteroatoms. The molecule has 0 aromatic heterocycles. The summed E-state index contributed by atoms with van der Waals surface area (Å²) in [6, 6.07) is 8.01. The fourth-order valence-electron chi connectivity index (χ4n) is 2.79. The van der Waals surface area contributed by atoms with E-state index in [0.717, 1.165) is 30.5 Å². The molecular weight excluding hydrogens is 252 g/mol. The highest BCUT2D eigenvalue weighted by molar-refractivity contribution is 5.77. The van der Waals surface area contributed by atoms with Gasteiger partial charge in [0, 0.05) is 25.3 Å². The summed E-state index contributed by atoms with van der Waals surface area (Å²) in [5.41, 5.74) is 7.57. The van der Waals surface area contributed by atoms with Gasteiger partial charge in [-0.05, 0) is 42.9 Å². The molecule has 0 bridgehead atoms. The molecule has 1 aliphatic carbocycles. The van der Waals surface area contributed by atoms with Gasteiger partial charge in [0.25, 0.3) is 0 Å². The van der Waals surface area contributed by atoms with Crippen molar-refractivity contribution >= 4 is 11.6 Å². The van der Waals surface area contributed by atoms with E-state index in [1.165, 1.54) is 0 Å². The molecular formula is C16H24N2O2. The third kappa shape index (κ3) is 3.97. The van der Waals surface area contributed by atoms with Gasteiger partial charge in [-0.3, -0.25) is 4.79 Å². The largest absolute Gasteiger partial charge is 0.399 e. The number of anilines is 1. The first-order valence-corrected chi connectivity index (χ1v) is 7.26. The first kappa shape index (κ1) is 14.9. The monoisotopic (exact) mass is 276 g/mol. The SMILES string of the molecule is COC1CCC(NC(=O)CC(C)c2ccc(N)cc2)C1.